The van der Waals surface area contributed by atoms with E-state index < -0.39 is 0 Å². The van der Waals surface area contributed by atoms with E-state index in [2.05, 4.69) is 140 Å². The molecule has 49 heavy (non-hydrogen) atoms. The van der Waals surface area contributed by atoms with Crippen LogP contribution in [0.4, 0.5) is 0 Å². The molecule has 0 unspecified atom stereocenters. The maximum Gasteiger partial charge on any atom is 0.143 e. The molecule has 3 heterocycles. The van der Waals surface area contributed by atoms with E-state index in [0.717, 1.165) is 55.0 Å². The molecule has 0 aliphatic carbocycles. The highest BCUT2D eigenvalue weighted by Crippen LogP contribution is 2.49. The smallest absolute Gasteiger partial charge is 0.143 e. The highest BCUT2D eigenvalue weighted by Gasteiger charge is 2.21. The van der Waals surface area contributed by atoms with Crippen LogP contribution < -0.4 is 0 Å². The van der Waals surface area contributed by atoms with Crippen molar-refractivity contribution in [2.24, 2.45) is 0 Å². The van der Waals surface area contributed by atoms with E-state index in [1.165, 1.54) is 53.2 Å². The molecule has 2 nitrogen and oxygen atoms in total. The summed E-state index contributed by atoms with van der Waals surface area (Å²) in [6.07, 6.45) is 0. The normalized spacial score (nSPS) is 12.1. The molecular formula is C46H26O2S. The zero-order valence-corrected chi connectivity index (χ0v) is 27.1. The minimum absolute atomic E-state index is 0.912. The number of benzene rings is 8. The van der Waals surface area contributed by atoms with Crippen molar-refractivity contribution < 1.29 is 8.83 Å². The van der Waals surface area contributed by atoms with E-state index >= 15 is 0 Å². The van der Waals surface area contributed by atoms with Gasteiger partial charge in [-0.3, -0.25) is 0 Å². The minimum Gasteiger partial charge on any atom is -0.456 e. The molecule has 0 saturated heterocycles. The van der Waals surface area contributed by atoms with Gasteiger partial charge in [0.2, 0.25) is 0 Å². The second-order valence-electron chi connectivity index (χ2n) is 12.8. The number of hydrogen-bond acceptors (Lipinski definition) is 3. The van der Waals surface area contributed by atoms with Crippen LogP contribution in [0.15, 0.2) is 167 Å². The molecule has 0 radical (unpaired) electrons. The molecule has 0 amide bonds. The Morgan fingerprint density at radius 1 is 0.388 bits per heavy atom. The van der Waals surface area contributed by atoms with Crippen LogP contribution in [-0.4, -0.2) is 0 Å². The maximum absolute atomic E-state index is 6.41. The minimum atomic E-state index is 0.912. The van der Waals surface area contributed by atoms with E-state index in [4.69, 9.17) is 8.83 Å². The quantitative estimate of drug-likeness (QED) is 0.179. The molecule has 228 valence electrons. The first-order chi connectivity index (χ1) is 24.3. The Morgan fingerprint density at radius 2 is 0.959 bits per heavy atom. The molecule has 0 N–H and O–H groups in total. The lowest BCUT2D eigenvalue weighted by molar-refractivity contribution is 0.669. The van der Waals surface area contributed by atoms with Crippen LogP contribution in [0.3, 0.4) is 0 Å². The van der Waals surface area contributed by atoms with Gasteiger partial charge in [-0.25, -0.2) is 0 Å². The number of hydrogen-bond donors (Lipinski definition) is 0. The standard InChI is InChI=1S/C46H26O2S/c1-3-14-33-31(12-1)43(37-19-10-22-40-44(37)36-16-6-8-21-39(36)47-40)32-13-2-4-15-34(32)45(33)42-26-28-25-27(23-24-41(28)49-42)29-17-9-18-35-30-11-5-7-20-38(30)48-46(29)35/h1-26H. The van der Waals surface area contributed by atoms with Gasteiger partial charge >= 0.3 is 0 Å². The van der Waals surface area contributed by atoms with Gasteiger partial charge in [-0.15, -0.1) is 11.3 Å². The first-order valence-electron chi connectivity index (χ1n) is 16.6. The summed E-state index contributed by atoms with van der Waals surface area (Å²) in [5.41, 5.74) is 9.68. The second kappa shape index (κ2) is 10.2. The van der Waals surface area contributed by atoms with Gasteiger partial charge in [0, 0.05) is 42.2 Å². The molecule has 11 rings (SSSR count). The fourth-order valence-electron chi connectivity index (χ4n) is 7.98. The van der Waals surface area contributed by atoms with Crippen molar-refractivity contribution in [2.45, 2.75) is 0 Å². The van der Waals surface area contributed by atoms with Crippen LogP contribution in [0.5, 0.6) is 0 Å². The Bertz CT molecular complexity index is 3060. The lowest BCUT2D eigenvalue weighted by Gasteiger charge is -2.17. The van der Waals surface area contributed by atoms with E-state index in [-0.39, 0.29) is 0 Å². The Hall–Kier alpha value is -6.16. The van der Waals surface area contributed by atoms with Crippen molar-refractivity contribution in [1.82, 2.24) is 0 Å². The Kier molecular flexibility index (Phi) is 5.57. The first kappa shape index (κ1) is 26.9. The van der Waals surface area contributed by atoms with Gasteiger partial charge in [0.25, 0.3) is 0 Å². The summed E-state index contributed by atoms with van der Waals surface area (Å²) >= 11 is 1.86. The van der Waals surface area contributed by atoms with E-state index in [1.807, 2.05) is 29.5 Å². The molecule has 0 fully saturated rings. The largest absolute Gasteiger partial charge is 0.456 e. The second-order valence-corrected chi connectivity index (χ2v) is 13.8. The topological polar surface area (TPSA) is 26.3 Å². The lowest BCUT2D eigenvalue weighted by atomic mass is 9.86. The van der Waals surface area contributed by atoms with E-state index in [1.54, 1.807) is 0 Å². The van der Waals surface area contributed by atoms with Crippen molar-refractivity contribution >= 4 is 86.8 Å². The van der Waals surface area contributed by atoms with Crippen molar-refractivity contribution in [1.29, 1.82) is 0 Å². The molecular weight excluding hydrogens is 617 g/mol. The van der Waals surface area contributed by atoms with Crippen molar-refractivity contribution in [3.8, 4) is 32.7 Å². The number of thiophene rings is 1. The van der Waals surface area contributed by atoms with Crippen molar-refractivity contribution in [3.63, 3.8) is 0 Å². The van der Waals surface area contributed by atoms with E-state index in [0.29, 0.717) is 0 Å². The molecule has 0 saturated carbocycles. The molecule has 0 spiro atoms. The molecule has 0 aliphatic rings. The molecule has 0 aliphatic heterocycles. The monoisotopic (exact) mass is 642 g/mol. The van der Waals surface area contributed by atoms with Crippen LogP contribution >= 0.6 is 11.3 Å². The van der Waals surface area contributed by atoms with Crippen LogP contribution in [0.25, 0.3) is 108 Å². The average Bonchev–Trinajstić information content (AvgIpc) is 3.86. The molecule has 0 bridgehead atoms. The summed E-state index contributed by atoms with van der Waals surface area (Å²) in [5, 5.41) is 10.8. The van der Waals surface area contributed by atoms with Gasteiger partial charge in [-0.1, -0.05) is 121 Å². The first-order valence-corrected chi connectivity index (χ1v) is 17.4. The highest BCUT2D eigenvalue weighted by molar-refractivity contribution is 7.22. The third-order valence-electron chi connectivity index (χ3n) is 10.1. The summed E-state index contributed by atoms with van der Waals surface area (Å²) in [4.78, 5) is 1.26. The van der Waals surface area contributed by atoms with Gasteiger partial charge in [0.05, 0.1) is 0 Å². The third-order valence-corrected chi connectivity index (χ3v) is 11.2. The van der Waals surface area contributed by atoms with Crippen LogP contribution in [0.1, 0.15) is 0 Å². The summed E-state index contributed by atoms with van der Waals surface area (Å²) in [6.45, 7) is 0. The summed E-state index contributed by atoms with van der Waals surface area (Å²) < 4.78 is 14.0. The Labute approximate surface area is 285 Å². The molecule has 11 aromatic rings. The van der Waals surface area contributed by atoms with E-state index in [9.17, 15) is 0 Å². The predicted octanol–water partition coefficient (Wildman–Crippen LogP) is 14.0. The van der Waals surface area contributed by atoms with Crippen molar-refractivity contribution in [2.75, 3.05) is 0 Å². The van der Waals surface area contributed by atoms with Crippen LogP contribution in [0, 0.1) is 0 Å². The van der Waals surface area contributed by atoms with Crippen molar-refractivity contribution in [3.05, 3.63) is 158 Å². The number of para-hydroxylation sites is 3. The summed E-state index contributed by atoms with van der Waals surface area (Å²) in [7, 11) is 0. The predicted molar refractivity (Wildman–Crippen MR) is 208 cm³/mol. The van der Waals surface area contributed by atoms with Gasteiger partial charge in [0.1, 0.15) is 22.3 Å². The van der Waals surface area contributed by atoms with Gasteiger partial charge in [-0.05, 0) is 80.0 Å². The van der Waals surface area contributed by atoms with Crippen LogP contribution in [0.2, 0.25) is 0 Å². The number of fused-ring (bicyclic) bond motifs is 9. The zero-order valence-electron chi connectivity index (χ0n) is 26.2. The molecule has 3 heteroatoms. The Morgan fingerprint density at radius 3 is 1.71 bits per heavy atom. The van der Waals surface area contributed by atoms with Crippen LogP contribution in [-0.2, 0) is 0 Å². The highest BCUT2D eigenvalue weighted by atomic mass is 32.1. The average molecular weight is 643 g/mol. The summed E-state index contributed by atoms with van der Waals surface area (Å²) in [6, 6.07) is 56.5. The maximum atomic E-state index is 6.41. The molecule has 0 atom stereocenters. The SMILES string of the molecule is c1ccc2c(c1)oc1c(-c3ccc4sc(-c5c6ccccc6c(-c6cccc7oc8ccccc8c67)c6ccccc56)cc4c3)cccc12. The van der Waals surface area contributed by atoms with Gasteiger partial charge in [0.15, 0.2) is 0 Å². The third kappa shape index (κ3) is 3.88. The summed E-state index contributed by atoms with van der Waals surface area (Å²) in [5.74, 6) is 0. The lowest BCUT2D eigenvalue weighted by Crippen LogP contribution is -1.90. The molecule has 8 aromatic carbocycles. The molecule has 3 aromatic heterocycles. The number of furan rings is 2. The van der Waals surface area contributed by atoms with Gasteiger partial charge in [-0.2, -0.15) is 0 Å². The zero-order chi connectivity index (χ0) is 32.1. The van der Waals surface area contributed by atoms with Gasteiger partial charge < -0.3 is 8.83 Å². The fourth-order valence-corrected chi connectivity index (χ4v) is 9.09. The Balaban J connectivity index is 1.15. The number of rotatable bonds is 3. The fraction of sp³-hybridized carbons (Fsp3) is 0.